The fourth-order valence-electron chi connectivity index (χ4n) is 3.86. The van der Waals surface area contributed by atoms with Gasteiger partial charge in [-0.3, -0.25) is 9.59 Å². The van der Waals surface area contributed by atoms with Crippen LogP contribution >= 0.6 is 0 Å². The number of nitrogens with zero attached hydrogens (tertiary/aromatic N) is 1. The van der Waals surface area contributed by atoms with Crippen molar-refractivity contribution in [3.63, 3.8) is 0 Å². The van der Waals surface area contributed by atoms with E-state index in [9.17, 15) is 9.59 Å². The molecular formula is C23H28N2O4. The Morgan fingerprint density at radius 3 is 2.17 bits per heavy atom. The van der Waals surface area contributed by atoms with E-state index in [1.165, 1.54) is 6.92 Å². The summed E-state index contributed by atoms with van der Waals surface area (Å²) >= 11 is 0. The molecule has 0 bridgehead atoms. The van der Waals surface area contributed by atoms with Gasteiger partial charge in [0.2, 0.25) is 11.8 Å². The van der Waals surface area contributed by atoms with E-state index in [0.717, 1.165) is 42.0 Å². The quantitative estimate of drug-likeness (QED) is 0.776. The zero-order chi connectivity index (χ0) is 20.8. The topological polar surface area (TPSA) is 67.9 Å². The smallest absolute Gasteiger partial charge is 0.225 e. The Morgan fingerprint density at radius 2 is 1.62 bits per heavy atom. The number of hydrogen-bond acceptors (Lipinski definition) is 4. The summed E-state index contributed by atoms with van der Waals surface area (Å²) in [5.74, 6) is 1.42. The Labute approximate surface area is 171 Å². The van der Waals surface area contributed by atoms with Crippen LogP contribution in [-0.4, -0.2) is 37.5 Å². The fraction of sp³-hybridized carbons (Fsp3) is 0.391. The molecule has 0 aliphatic carbocycles. The second-order valence-electron chi connectivity index (χ2n) is 7.25. The summed E-state index contributed by atoms with van der Waals surface area (Å²) < 4.78 is 10.4. The van der Waals surface area contributed by atoms with Gasteiger partial charge < -0.3 is 19.7 Å². The Balaban J connectivity index is 1.75. The Hall–Kier alpha value is -3.02. The fourth-order valence-corrected chi connectivity index (χ4v) is 3.86. The highest BCUT2D eigenvalue weighted by atomic mass is 16.5. The molecule has 2 unspecified atom stereocenters. The normalized spacial score (nSPS) is 16.9. The third kappa shape index (κ3) is 5.08. The number of carbonyl (C=O) groups excluding carboxylic acids is 2. The van der Waals surface area contributed by atoms with Crippen LogP contribution in [0.3, 0.4) is 0 Å². The highest BCUT2D eigenvalue weighted by Gasteiger charge is 2.31. The van der Waals surface area contributed by atoms with E-state index in [1.54, 1.807) is 14.2 Å². The van der Waals surface area contributed by atoms with Crippen molar-refractivity contribution in [2.75, 3.05) is 20.8 Å². The van der Waals surface area contributed by atoms with Gasteiger partial charge in [-0.15, -0.1) is 0 Å². The summed E-state index contributed by atoms with van der Waals surface area (Å²) in [5.41, 5.74) is 1.99. The number of carbonyl (C=O) groups is 2. The van der Waals surface area contributed by atoms with Crippen LogP contribution in [-0.2, 0) is 9.59 Å². The number of hydrogen-bond donors (Lipinski definition) is 1. The molecule has 2 atom stereocenters. The van der Waals surface area contributed by atoms with E-state index < -0.39 is 0 Å². The van der Waals surface area contributed by atoms with E-state index in [-0.39, 0.29) is 30.3 Å². The third-order valence-electron chi connectivity index (χ3n) is 5.35. The largest absolute Gasteiger partial charge is 0.497 e. The molecule has 2 aromatic rings. The lowest BCUT2D eigenvalue weighted by atomic mass is 10.0. The van der Waals surface area contributed by atoms with Gasteiger partial charge in [0.25, 0.3) is 0 Å². The molecule has 154 valence electrons. The number of ether oxygens (including phenoxy) is 2. The molecule has 1 fully saturated rings. The van der Waals surface area contributed by atoms with E-state index in [2.05, 4.69) is 5.32 Å². The van der Waals surface area contributed by atoms with Crippen LogP contribution in [0.2, 0.25) is 0 Å². The van der Waals surface area contributed by atoms with Crippen molar-refractivity contribution in [3.05, 3.63) is 59.7 Å². The minimum Gasteiger partial charge on any atom is -0.497 e. The summed E-state index contributed by atoms with van der Waals surface area (Å²) in [6.45, 7) is 2.20. The lowest BCUT2D eigenvalue weighted by molar-refractivity contribution is -0.133. The third-order valence-corrected chi connectivity index (χ3v) is 5.35. The van der Waals surface area contributed by atoms with Crippen LogP contribution in [0.5, 0.6) is 11.5 Å². The predicted molar refractivity (Wildman–Crippen MR) is 111 cm³/mol. The molecular weight excluding hydrogens is 368 g/mol. The molecule has 6 nitrogen and oxygen atoms in total. The molecule has 0 radical (unpaired) electrons. The SMILES string of the molecule is COc1ccc(C(CC(=O)N2CCCC2c2ccc(OC)cc2)NC(C)=O)cc1. The first-order valence-corrected chi connectivity index (χ1v) is 9.86. The molecule has 2 amide bonds. The molecule has 6 heteroatoms. The minimum atomic E-state index is -0.372. The van der Waals surface area contributed by atoms with Crippen LogP contribution < -0.4 is 14.8 Å². The maximum Gasteiger partial charge on any atom is 0.225 e. The van der Waals surface area contributed by atoms with Crippen molar-refractivity contribution in [1.82, 2.24) is 10.2 Å². The molecule has 1 aliphatic heterocycles. The van der Waals surface area contributed by atoms with Crippen molar-refractivity contribution < 1.29 is 19.1 Å². The summed E-state index contributed by atoms with van der Waals surface area (Å²) in [5, 5.41) is 2.91. The highest BCUT2D eigenvalue weighted by molar-refractivity contribution is 5.80. The second-order valence-corrected chi connectivity index (χ2v) is 7.25. The lowest BCUT2D eigenvalue weighted by Crippen LogP contribution is -2.35. The summed E-state index contributed by atoms with van der Waals surface area (Å²) in [4.78, 5) is 26.8. The van der Waals surface area contributed by atoms with Gasteiger partial charge in [-0.2, -0.15) is 0 Å². The number of rotatable bonds is 7. The Bertz CT molecular complexity index is 833. The predicted octanol–water partition coefficient (Wildman–Crippen LogP) is 3.63. The number of benzene rings is 2. The lowest BCUT2D eigenvalue weighted by Gasteiger charge is -2.28. The molecule has 1 aliphatic rings. The number of likely N-dealkylation sites (tertiary alicyclic amines) is 1. The molecule has 1 heterocycles. The number of methoxy groups -OCH3 is 2. The van der Waals surface area contributed by atoms with Gasteiger partial charge in [0.15, 0.2) is 0 Å². The second kappa shape index (κ2) is 9.45. The highest BCUT2D eigenvalue weighted by Crippen LogP contribution is 2.34. The minimum absolute atomic E-state index is 0.0397. The van der Waals surface area contributed by atoms with Crippen molar-refractivity contribution in [3.8, 4) is 11.5 Å². The number of amides is 2. The first kappa shape index (κ1) is 20.7. The molecule has 0 saturated carbocycles. The van der Waals surface area contributed by atoms with Gasteiger partial charge in [-0.1, -0.05) is 24.3 Å². The van der Waals surface area contributed by atoms with Crippen molar-refractivity contribution >= 4 is 11.8 Å². The first-order valence-electron chi connectivity index (χ1n) is 9.86. The summed E-state index contributed by atoms with van der Waals surface area (Å²) in [6, 6.07) is 15.0. The molecule has 0 spiro atoms. The van der Waals surface area contributed by atoms with Gasteiger partial charge in [0.05, 0.1) is 32.7 Å². The standard InChI is InChI=1S/C23H28N2O4/c1-16(26)24-21(17-6-10-19(28-2)11-7-17)15-23(27)25-14-4-5-22(25)18-8-12-20(29-3)13-9-18/h6-13,21-22H,4-5,14-15H2,1-3H3,(H,24,26). The van der Waals surface area contributed by atoms with Crippen molar-refractivity contribution in [2.24, 2.45) is 0 Å². The zero-order valence-electron chi connectivity index (χ0n) is 17.2. The molecule has 2 aromatic carbocycles. The van der Waals surface area contributed by atoms with Crippen LogP contribution in [0.25, 0.3) is 0 Å². The van der Waals surface area contributed by atoms with Crippen molar-refractivity contribution in [2.45, 2.75) is 38.3 Å². The van der Waals surface area contributed by atoms with Crippen molar-refractivity contribution in [1.29, 1.82) is 0 Å². The molecule has 1 saturated heterocycles. The van der Waals surface area contributed by atoms with Crippen LogP contribution in [0.1, 0.15) is 49.4 Å². The van der Waals surface area contributed by atoms with Gasteiger partial charge >= 0.3 is 0 Å². The van der Waals surface area contributed by atoms with Crippen LogP contribution in [0.4, 0.5) is 0 Å². The molecule has 29 heavy (non-hydrogen) atoms. The summed E-state index contributed by atoms with van der Waals surface area (Å²) in [7, 11) is 3.25. The molecule has 0 aromatic heterocycles. The maximum atomic E-state index is 13.2. The van der Waals surface area contributed by atoms with Gasteiger partial charge in [0.1, 0.15) is 11.5 Å². The maximum absolute atomic E-state index is 13.2. The van der Waals surface area contributed by atoms with Crippen LogP contribution in [0.15, 0.2) is 48.5 Å². The summed E-state index contributed by atoms with van der Waals surface area (Å²) in [6.07, 6.45) is 2.12. The van der Waals surface area contributed by atoms with E-state index >= 15 is 0 Å². The average Bonchev–Trinajstić information content (AvgIpc) is 3.23. The Morgan fingerprint density at radius 1 is 1.03 bits per heavy atom. The van der Waals surface area contributed by atoms with E-state index in [1.807, 2.05) is 53.4 Å². The van der Waals surface area contributed by atoms with Gasteiger partial charge in [-0.05, 0) is 48.2 Å². The van der Waals surface area contributed by atoms with Crippen LogP contribution in [0, 0.1) is 0 Å². The first-order chi connectivity index (χ1) is 14.0. The molecule has 3 rings (SSSR count). The Kier molecular flexibility index (Phi) is 6.75. The zero-order valence-corrected chi connectivity index (χ0v) is 17.2. The van der Waals surface area contributed by atoms with Gasteiger partial charge in [0, 0.05) is 13.5 Å². The van der Waals surface area contributed by atoms with E-state index in [4.69, 9.17) is 9.47 Å². The monoisotopic (exact) mass is 396 g/mol. The number of nitrogens with one attached hydrogen (secondary N) is 1. The van der Waals surface area contributed by atoms with E-state index in [0.29, 0.717) is 0 Å². The average molecular weight is 396 g/mol. The molecule has 1 N–H and O–H groups in total. The van der Waals surface area contributed by atoms with Gasteiger partial charge in [-0.25, -0.2) is 0 Å².